The number of hydrogen-bond donors (Lipinski definition) is 1. The Balaban J connectivity index is 1.38. The minimum absolute atomic E-state index is 0.0768. The van der Waals surface area contributed by atoms with Crippen LogP contribution in [0.1, 0.15) is 48.5 Å². The zero-order chi connectivity index (χ0) is 23.3. The molecule has 0 spiro atoms. The highest BCUT2D eigenvalue weighted by Gasteiger charge is 2.27. The van der Waals surface area contributed by atoms with Crippen molar-refractivity contribution in [2.75, 3.05) is 32.7 Å². The molecule has 1 unspecified atom stereocenters. The minimum atomic E-state index is -3.71. The average Bonchev–Trinajstić information content (AvgIpc) is 2.85. The minimum Gasteiger partial charge on any atom is -0.338 e. The van der Waals surface area contributed by atoms with E-state index in [4.69, 9.17) is 0 Å². The summed E-state index contributed by atoms with van der Waals surface area (Å²) >= 11 is 0. The monoisotopic (exact) mass is 469 g/mol. The molecule has 2 aromatic rings. The molecule has 178 valence electrons. The normalized spacial score (nSPS) is 20.6. The van der Waals surface area contributed by atoms with E-state index in [0.29, 0.717) is 11.5 Å². The van der Waals surface area contributed by atoms with E-state index in [-0.39, 0.29) is 17.3 Å². The number of sulfonamides is 1. The van der Waals surface area contributed by atoms with Crippen molar-refractivity contribution in [2.45, 2.75) is 44.0 Å². The van der Waals surface area contributed by atoms with E-state index < -0.39 is 10.0 Å². The highest BCUT2D eigenvalue weighted by atomic mass is 32.2. The number of hydrogen-bond acceptors (Lipinski definition) is 4. The van der Waals surface area contributed by atoms with E-state index in [1.54, 1.807) is 18.2 Å². The fraction of sp³-hybridized carbons (Fsp3) is 0.500. The van der Waals surface area contributed by atoms with Gasteiger partial charge in [0.05, 0.1) is 4.90 Å². The Labute approximate surface area is 198 Å². The van der Waals surface area contributed by atoms with Gasteiger partial charge >= 0.3 is 0 Å². The second kappa shape index (κ2) is 10.8. The lowest BCUT2D eigenvalue weighted by Crippen LogP contribution is -2.45. The molecule has 2 aromatic carbocycles. The lowest BCUT2D eigenvalue weighted by molar-refractivity contribution is 0.0622. The SMILES string of the molecule is CC1CCN(CC2CCCN(C(=O)c3cccc(S(=O)(=O)NCc4ccccc4)c3)C2)CC1. The molecular weight excluding hydrogens is 434 g/mol. The third-order valence-electron chi connectivity index (χ3n) is 6.90. The second-order valence-electron chi connectivity index (χ2n) is 9.58. The molecule has 4 rings (SSSR count). The maximum Gasteiger partial charge on any atom is 0.253 e. The van der Waals surface area contributed by atoms with Crippen LogP contribution in [-0.4, -0.2) is 56.8 Å². The number of nitrogens with zero attached hydrogens (tertiary/aromatic N) is 2. The van der Waals surface area contributed by atoms with Crippen LogP contribution in [-0.2, 0) is 16.6 Å². The fourth-order valence-corrected chi connectivity index (χ4v) is 5.91. The third-order valence-corrected chi connectivity index (χ3v) is 8.30. The molecule has 0 radical (unpaired) electrons. The zero-order valence-electron chi connectivity index (χ0n) is 19.4. The highest BCUT2D eigenvalue weighted by Crippen LogP contribution is 2.23. The summed E-state index contributed by atoms with van der Waals surface area (Å²) in [5.41, 5.74) is 1.32. The number of likely N-dealkylation sites (tertiary alicyclic amines) is 2. The van der Waals surface area contributed by atoms with E-state index in [0.717, 1.165) is 57.0 Å². The molecular formula is C26H35N3O3S. The molecule has 2 aliphatic rings. The van der Waals surface area contributed by atoms with Gasteiger partial charge < -0.3 is 9.80 Å². The van der Waals surface area contributed by atoms with E-state index >= 15 is 0 Å². The zero-order valence-corrected chi connectivity index (χ0v) is 20.3. The summed E-state index contributed by atoms with van der Waals surface area (Å²) in [7, 11) is -3.71. The van der Waals surface area contributed by atoms with Crippen LogP contribution in [0.3, 0.4) is 0 Å². The van der Waals surface area contributed by atoms with Gasteiger partial charge in [0.2, 0.25) is 10.0 Å². The Morgan fingerprint density at radius 1 is 1.00 bits per heavy atom. The van der Waals surface area contributed by atoms with E-state index in [9.17, 15) is 13.2 Å². The van der Waals surface area contributed by atoms with Crippen LogP contribution >= 0.6 is 0 Å². The van der Waals surface area contributed by atoms with Crippen molar-refractivity contribution in [2.24, 2.45) is 11.8 Å². The predicted octanol–water partition coefficient (Wildman–Crippen LogP) is 3.75. The summed E-state index contributed by atoms with van der Waals surface area (Å²) in [5.74, 6) is 1.22. The first-order chi connectivity index (χ1) is 15.9. The smallest absolute Gasteiger partial charge is 0.253 e. The van der Waals surface area contributed by atoms with Gasteiger partial charge in [-0.3, -0.25) is 4.79 Å². The summed E-state index contributed by atoms with van der Waals surface area (Å²) < 4.78 is 28.3. The molecule has 1 amide bonds. The van der Waals surface area contributed by atoms with E-state index in [1.807, 2.05) is 35.2 Å². The predicted molar refractivity (Wildman–Crippen MR) is 130 cm³/mol. The van der Waals surface area contributed by atoms with E-state index in [2.05, 4.69) is 16.5 Å². The first kappa shape index (κ1) is 23.9. The van der Waals surface area contributed by atoms with Crippen LogP contribution in [0, 0.1) is 11.8 Å². The van der Waals surface area contributed by atoms with Gasteiger partial charge in [0.25, 0.3) is 5.91 Å². The first-order valence-corrected chi connectivity index (χ1v) is 13.5. The summed E-state index contributed by atoms with van der Waals surface area (Å²) in [6, 6.07) is 15.8. The van der Waals surface area contributed by atoms with Gasteiger partial charge in [-0.1, -0.05) is 43.3 Å². The summed E-state index contributed by atoms with van der Waals surface area (Å²) in [6.07, 6.45) is 4.66. The van der Waals surface area contributed by atoms with Crippen molar-refractivity contribution < 1.29 is 13.2 Å². The first-order valence-electron chi connectivity index (χ1n) is 12.1. The second-order valence-corrected chi connectivity index (χ2v) is 11.3. The maximum absolute atomic E-state index is 13.2. The number of carbonyl (C=O) groups is 1. The molecule has 0 bridgehead atoms. The third kappa shape index (κ3) is 6.43. The van der Waals surface area contributed by atoms with Crippen LogP contribution < -0.4 is 4.72 Å². The van der Waals surface area contributed by atoms with Crippen LogP contribution in [0.5, 0.6) is 0 Å². The molecule has 0 saturated carbocycles. The van der Waals surface area contributed by atoms with Crippen LogP contribution in [0.4, 0.5) is 0 Å². The number of benzene rings is 2. The van der Waals surface area contributed by atoms with Gasteiger partial charge in [0, 0.05) is 31.7 Å². The molecule has 1 N–H and O–H groups in total. The highest BCUT2D eigenvalue weighted by molar-refractivity contribution is 7.89. The Kier molecular flexibility index (Phi) is 7.83. The number of rotatable bonds is 7. The standard InChI is InChI=1S/C26H35N3O3S/c1-21-12-15-28(16-13-21)19-23-9-6-14-29(20-23)26(30)24-10-5-11-25(17-24)33(31,32)27-18-22-7-3-2-4-8-22/h2-5,7-8,10-11,17,21,23,27H,6,9,12-16,18-20H2,1H3. The molecule has 33 heavy (non-hydrogen) atoms. The van der Waals surface area contributed by atoms with Gasteiger partial charge in [-0.15, -0.1) is 0 Å². The van der Waals surface area contributed by atoms with Crippen molar-refractivity contribution >= 4 is 15.9 Å². The van der Waals surface area contributed by atoms with Gasteiger partial charge in [-0.2, -0.15) is 0 Å². The number of amides is 1. The Morgan fingerprint density at radius 3 is 2.52 bits per heavy atom. The van der Waals surface area contributed by atoms with Crippen LogP contribution in [0.2, 0.25) is 0 Å². The molecule has 2 fully saturated rings. The largest absolute Gasteiger partial charge is 0.338 e. The molecule has 2 heterocycles. The Bertz CT molecular complexity index is 1030. The molecule has 2 saturated heterocycles. The number of piperidine rings is 2. The van der Waals surface area contributed by atoms with Crippen LogP contribution in [0.25, 0.3) is 0 Å². The average molecular weight is 470 g/mol. The molecule has 6 nitrogen and oxygen atoms in total. The topological polar surface area (TPSA) is 69.7 Å². The quantitative estimate of drug-likeness (QED) is 0.671. The van der Waals surface area contributed by atoms with Gasteiger partial charge in [-0.05, 0) is 74.4 Å². The lowest BCUT2D eigenvalue weighted by Gasteiger charge is -2.38. The van der Waals surface area contributed by atoms with Gasteiger partial charge in [-0.25, -0.2) is 13.1 Å². The summed E-state index contributed by atoms with van der Waals surface area (Å²) in [4.78, 5) is 17.8. The maximum atomic E-state index is 13.2. The molecule has 7 heteroatoms. The summed E-state index contributed by atoms with van der Waals surface area (Å²) in [5, 5.41) is 0. The Morgan fingerprint density at radius 2 is 1.76 bits per heavy atom. The van der Waals surface area contributed by atoms with Crippen molar-refractivity contribution in [3.63, 3.8) is 0 Å². The van der Waals surface area contributed by atoms with Gasteiger partial charge in [0.1, 0.15) is 0 Å². The number of carbonyl (C=O) groups excluding carboxylic acids is 1. The van der Waals surface area contributed by atoms with Crippen LogP contribution in [0.15, 0.2) is 59.5 Å². The van der Waals surface area contributed by atoms with E-state index in [1.165, 1.54) is 18.9 Å². The molecule has 2 aliphatic heterocycles. The lowest BCUT2D eigenvalue weighted by atomic mass is 9.94. The van der Waals surface area contributed by atoms with Crippen molar-refractivity contribution in [3.8, 4) is 0 Å². The fourth-order valence-electron chi connectivity index (χ4n) is 4.84. The van der Waals surface area contributed by atoms with Crippen molar-refractivity contribution in [1.29, 1.82) is 0 Å². The molecule has 0 aromatic heterocycles. The van der Waals surface area contributed by atoms with Crippen molar-refractivity contribution in [3.05, 3.63) is 65.7 Å². The summed E-state index contributed by atoms with van der Waals surface area (Å²) in [6.45, 7) is 7.37. The Hall–Kier alpha value is -2.22. The number of nitrogens with one attached hydrogen (secondary N) is 1. The van der Waals surface area contributed by atoms with Gasteiger partial charge in [0.15, 0.2) is 0 Å². The molecule has 1 atom stereocenters. The van der Waals surface area contributed by atoms with Crippen molar-refractivity contribution in [1.82, 2.24) is 14.5 Å². The molecule has 0 aliphatic carbocycles.